The van der Waals surface area contributed by atoms with Crippen LogP contribution in [-0.4, -0.2) is 69.5 Å². The lowest BCUT2D eigenvalue weighted by atomic mass is 9.87. The first-order chi connectivity index (χ1) is 14.8. The second kappa shape index (κ2) is 11.9. The molecule has 2 amide bonds. The van der Waals surface area contributed by atoms with Crippen molar-refractivity contribution in [2.45, 2.75) is 86.0 Å². The molecule has 0 N–H and O–H groups in total. The van der Waals surface area contributed by atoms with Gasteiger partial charge in [-0.3, -0.25) is 9.59 Å². The number of carbonyl (C=O) groups is 2. The van der Waals surface area contributed by atoms with E-state index >= 15 is 0 Å². The van der Waals surface area contributed by atoms with Gasteiger partial charge in [0.2, 0.25) is 11.8 Å². The summed E-state index contributed by atoms with van der Waals surface area (Å²) in [6.07, 6.45) is 9.26. The lowest BCUT2D eigenvalue weighted by Gasteiger charge is -2.33. The molecule has 0 aromatic carbocycles. The van der Waals surface area contributed by atoms with Gasteiger partial charge in [0, 0.05) is 26.2 Å². The number of carbonyl (C=O) groups excluding carboxylic acids is 2. The second-order valence-electron chi connectivity index (χ2n) is 9.25. The van der Waals surface area contributed by atoms with Gasteiger partial charge in [-0.05, 0) is 63.2 Å². The van der Waals surface area contributed by atoms with E-state index in [2.05, 4.69) is 24.0 Å². The van der Waals surface area contributed by atoms with Crippen molar-refractivity contribution in [3.05, 3.63) is 0 Å². The summed E-state index contributed by atoms with van der Waals surface area (Å²) in [7, 11) is 3.86. The van der Waals surface area contributed by atoms with Crippen molar-refractivity contribution in [1.29, 1.82) is 0 Å². The van der Waals surface area contributed by atoms with Crippen molar-refractivity contribution in [1.82, 2.24) is 20.0 Å². The predicted molar refractivity (Wildman–Crippen MR) is 130 cm³/mol. The van der Waals surface area contributed by atoms with Gasteiger partial charge in [0.25, 0.3) is 0 Å². The average molecular weight is 485 g/mol. The molecule has 0 bridgehead atoms. The summed E-state index contributed by atoms with van der Waals surface area (Å²) in [6, 6.07) is 0.750. The minimum absolute atomic E-state index is 0.160. The molecule has 0 spiro atoms. The first-order valence-corrected chi connectivity index (χ1v) is 14.2. The number of nitrogens with zero attached hydrogens (tertiary/aromatic N) is 4. The SMILES string of the molecule is CC1CCC(N(C)C(=O)CSc2nnc(SCC(=O)N(C)C3CCC(C)CC3)s2)CC1. The number of hydrogen-bond donors (Lipinski definition) is 0. The van der Waals surface area contributed by atoms with E-state index in [1.165, 1.54) is 60.5 Å². The minimum Gasteiger partial charge on any atom is -0.342 e. The van der Waals surface area contributed by atoms with Gasteiger partial charge in [0.15, 0.2) is 8.68 Å². The smallest absolute Gasteiger partial charge is 0.233 e. The Hall–Kier alpha value is -0.800. The minimum atomic E-state index is 0.160. The van der Waals surface area contributed by atoms with E-state index < -0.39 is 0 Å². The van der Waals surface area contributed by atoms with Crippen molar-refractivity contribution in [3.8, 4) is 0 Å². The molecule has 1 heterocycles. The average Bonchev–Trinajstić information content (AvgIpc) is 3.23. The van der Waals surface area contributed by atoms with Crippen LogP contribution in [0.15, 0.2) is 8.68 Å². The highest BCUT2D eigenvalue weighted by atomic mass is 32.2. The third-order valence-electron chi connectivity index (χ3n) is 6.88. The monoisotopic (exact) mass is 484 g/mol. The lowest BCUT2D eigenvalue weighted by Crippen LogP contribution is -2.40. The summed E-state index contributed by atoms with van der Waals surface area (Å²) >= 11 is 4.38. The lowest BCUT2D eigenvalue weighted by molar-refractivity contribution is -0.130. The predicted octanol–water partition coefficient (Wildman–Crippen LogP) is 4.80. The first-order valence-electron chi connectivity index (χ1n) is 11.4. The quantitative estimate of drug-likeness (QED) is 0.494. The molecule has 2 fully saturated rings. The molecule has 6 nitrogen and oxygen atoms in total. The van der Waals surface area contributed by atoms with Gasteiger partial charge in [-0.15, -0.1) is 10.2 Å². The highest BCUT2D eigenvalue weighted by Crippen LogP contribution is 2.31. The van der Waals surface area contributed by atoms with Crippen LogP contribution in [0.4, 0.5) is 0 Å². The van der Waals surface area contributed by atoms with Crippen molar-refractivity contribution in [2.24, 2.45) is 11.8 Å². The van der Waals surface area contributed by atoms with Gasteiger partial charge >= 0.3 is 0 Å². The highest BCUT2D eigenvalue weighted by Gasteiger charge is 2.26. The molecular formula is C22H36N4O2S3. The third-order valence-corrected chi connectivity index (χ3v) is 10.0. The standard InChI is InChI=1S/C22H36N4O2S3/c1-15-5-9-17(10-6-15)25(3)19(27)13-29-21-23-24-22(31-21)30-14-20(28)26(4)18-11-7-16(2)8-12-18/h15-18H,5-14H2,1-4H3. The Morgan fingerprint density at radius 2 is 1.13 bits per heavy atom. The Balaban J connectivity index is 1.38. The van der Waals surface area contributed by atoms with E-state index in [1.54, 1.807) is 0 Å². The van der Waals surface area contributed by atoms with Crippen LogP contribution >= 0.6 is 34.9 Å². The van der Waals surface area contributed by atoms with Gasteiger partial charge in [0.05, 0.1) is 11.5 Å². The molecular weight excluding hydrogens is 448 g/mol. The largest absolute Gasteiger partial charge is 0.342 e. The van der Waals surface area contributed by atoms with Gasteiger partial charge in [-0.25, -0.2) is 0 Å². The maximum Gasteiger partial charge on any atom is 0.233 e. The number of aromatic nitrogens is 2. The number of thioether (sulfide) groups is 2. The summed E-state index contributed by atoms with van der Waals surface area (Å²) < 4.78 is 1.59. The fraction of sp³-hybridized carbons (Fsp3) is 0.818. The van der Waals surface area contributed by atoms with Gasteiger partial charge in [-0.1, -0.05) is 48.7 Å². The Bertz CT molecular complexity index is 670. The Labute approximate surface area is 199 Å². The highest BCUT2D eigenvalue weighted by molar-refractivity contribution is 8.03. The molecule has 0 aliphatic heterocycles. The fourth-order valence-corrected chi connectivity index (χ4v) is 7.30. The van der Waals surface area contributed by atoms with Crippen molar-refractivity contribution >= 4 is 46.7 Å². The van der Waals surface area contributed by atoms with Crippen LogP contribution < -0.4 is 0 Å². The van der Waals surface area contributed by atoms with Crippen molar-refractivity contribution in [3.63, 3.8) is 0 Å². The molecule has 174 valence electrons. The molecule has 0 radical (unpaired) electrons. The van der Waals surface area contributed by atoms with Crippen LogP contribution in [0.1, 0.15) is 65.2 Å². The maximum absolute atomic E-state index is 12.6. The Kier molecular flexibility index (Phi) is 9.52. The van der Waals surface area contributed by atoms with Crippen molar-refractivity contribution in [2.75, 3.05) is 25.6 Å². The Morgan fingerprint density at radius 3 is 1.48 bits per heavy atom. The molecule has 2 saturated carbocycles. The van der Waals surface area contributed by atoms with Crippen LogP contribution in [0.25, 0.3) is 0 Å². The molecule has 2 aliphatic rings. The molecule has 1 aromatic heterocycles. The molecule has 0 unspecified atom stereocenters. The van der Waals surface area contributed by atoms with E-state index in [0.29, 0.717) is 23.6 Å². The van der Waals surface area contributed by atoms with E-state index in [1.807, 2.05) is 23.9 Å². The zero-order valence-electron chi connectivity index (χ0n) is 19.2. The summed E-state index contributed by atoms with van der Waals surface area (Å²) in [6.45, 7) is 4.59. The summed E-state index contributed by atoms with van der Waals surface area (Å²) in [4.78, 5) is 29.0. The zero-order chi connectivity index (χ0) is 22.4. The molecule has 0 atom stereocenters. The molecule has 3 rings (SSSR count). The van der Waals surface area contributed by atoms with Gasteiger partial charge < -0.3 is 9.80 Å². The second-order valence-corrected chi connectivity index (χ2v) is 12.7. The number of hydrogen-bond acceptors (Lipinski definition) is 7. The molecule has 0 saturated heterocycles. The first kappa shape index (κ1) is 24.8. The topological polar surface area (TPSA) is 66.4 Å². The molecule has 1 aromatic rings. The summed E-state index contributed by atoms with van der Waals surface area (Å²) in [5.74, 6) is 2.67. The van der Waals surface area contributed by atoms with Crippen LogP contribution in [0.5, 0.6) is 0 Å². The fourth-order valence-electron chi connectivity index (χ4n) is 4.43. The zero-order valence-corrected chi connectivity index (χ0v) is 21.7. The van der Waals surface area contributed by atoms with E-state index in [0.717, 1.165) is 46.2 Å². The number of rotatable bonds is 8. The van der Waals surface area contributed by atoms with Crippen LogP contribution in [-0.2, 0) is 9.59 Å². The van der Waals surface area contributed by atoms with E-state index in [9.17, 15) is 9.59 Å². The van der Waals surface area contributed by atoms with Crippen LogP contribution in [0.3, 0.4) is 0 Å². The van der Waals surface area contributed by atoms with Crippen LogP contribution in [0.2, 0.25) is 0 Å². The molecule has 9 heteroatoms. The van der Waals surface area contributed by atoms with Gasteiger partial charge in [0.1, 0.15) is 0 Å². The third kappa shape index (κ3) is 7.35. The normalized spacial score (nSPS) is 26.5. The van der Waals surface area contributed by atoms with Crippen molar-refractivity contribution < 1.29 is 9.59 Å². The van der Waals surface area contributed by atoms with E-state index in [-0.39, 0.29) is 11.8 Å². The summed E-state index contributed by atoms with van der Waals surface area (Å²) in [5.41, 5.74) is 0. The molecule has 2 aliphatic carbocycles. The number of amides is 2. The van der Waals surface area contributed by atoms with E-state index in [4.69, 9.17) is 0 Å². The van der Waals surface area contributed by atoms with Crippen LogP contribution in [0, 0.1) is 11.8 Å². The summed E-state index contributed by atoms with van der Waals surface area (Å²) in [5, 5.41) is 8.41. The Morgan fingerprint density at radius 1 is 0.774 bits per heavy atom. The molecule has 31 heavy (non-hydrogen) atoms. The van der Waals surface area contributed by atoms with Gasteiger partial charge in [-0.2, -0.15) is 0 Å². The maximum atomic E-state index is 12.6.